The monoisotopic (exact) mass is 370 g/mol. The maximum Gasteiger partial charge on any atom is 0.306 e. The number of rotatable bonds is 7. The number of ketones is 1. The van der Waals surface area contributed by atoms with Crippen LogP contribution in [0.2, 0.25) is 0 Å². The molecule has 0 spiro atoms. The first-order chi connectivity index (χ1) is 12.5. The fourth-order valence-electron chi connectivity index (χ4n) is 3.10. The lowest BCUT2D eigenvalue weighted by Gasteiger charge is -2.06. The Morgan fingerprint density at radius 1 is 1.23 bits per heavy atom. The molecule has 0 unspecified atom stereocenters. The molecular formula is C20H22N2O3S. The van der Waals surface area contributed by atoms with E-state index in [-0.39, 0.29) is 24.8 Å². The molecule has 0 amide bonds. The maximum atomic E-state index is 12.3. The summed E-state index contributed by atoms with van der Waals surface area (Å²) in [6.45, 7) is 6.52. The molecule has 2 heterocycles. The molecule has 3 rings (SSSR count). The van der Waals surface area contributed by atoms with Gasteiger partial charge in [0.2, 0.25) is 5.78 Å². The van der Waals surface area contributed by atoms with Crippen LogP contribution in [0.5, 0.6) is 0 Å². The number of nitrogens with zero attached hydrogens (tertiary/aromatic N) is 2. The van der Waals surface area contributed by atoms with E-state index in [1.54, 1.807) is 11.3 Å². The molecule has 3 aromatic rings. The molecule has 0 bridgehead atoms. The van der Waals surface area contributed by atoms with Crippen LogP contribution in [-0.2, 0) is 22.5 Å². The van der Waals surface area contributed by atoms with Crippen molar-refractivity contribution in [2.45, 2.75) is 40.2 Å². The fourth-order valence-corrected chi connectivity index (χ4v) is 4.07. The third-order valence-corrected chi connectivity index (χ3v) is 5.53. The van der Waals surface area contributed by atoms with Gasteiger partial charge in [-0.3, -0.25) is 9.59 Å². The highest BCUT2D eigenvalue weighted by Gasteiger charge is 2.17. The number of aryl methyl sites for hydroxylation is 2. The molecule has 0 saturated heterocycles. The number of esters is 1. The largest absolute Gasteiger partial charge is 0.457 e. The third kappa shape index (κ3) is 3.85. The summed E-state index contributed by atoms with van der Waals surface area (Å²) >= 11 is 1.58. The lowest BCUT2D eigenvalue weighted by Crippen LogP contribution is -2.15. The molecule has 0 N–H and O–H groups in total. The lowest BCUT2D eigenvalue weighted by atomic mass is 10.1. The van der Waals surface area contributed by atoms with Crippen molar-refractivity contribution in [3.05, 3.63) is 52.3 Å². The molecule has 1 aromatic carbocycles. The van der Waals surface area contributed by atoms with Gasteiger partial charge < -0.3 is 9.30 Å². The summed E-state index contributed by atoms with van der Waals surface area (Å²) < 4.78 is 8.35. The minimum Gasteiger partial charge on any atom is -0.457 e. The molecule has 0 atom stereocenters. The smallest absolute Gasteiger partial charge is 0.306 e. The first kappa shape index (κ1) is 18.3. The zero-order valence-electron chi connectivity index (χ0n) is 15.2. The van der Waals surface area contributed by atoms with Gasteiger partial charge in [0, 0.05) is 29.9 Å². The Morgan fingerprint density at radius 3 is 2.69 bits per heavy atom. The van der Waals surface area contributed by atoms with E-state index in [1.165, 1.54) is 0 Å². The summed E-state index contributed by atoms with van der Waals surface area (Å²) in [5.41, 5.74) is 3.53. The number of hydrogen-bond acceptors (Lipinski definition) is 5. The first-order valence-electron chi connectivity index (χ1n) is 8.69. The molecule has 0 aliphatic heterocycles. The molecule has 0 radical (unpaired) electrons. The van der Waals surface area contributed by atoms with Gasteiger partial charge in [-0.2, -0.15) is 0 Å². The number of fused-ring (bicyclic) bond motifs is 1. The van der Waals surface area contributed by atoms with Crippen molar-refractivity contribution < 1.29 is 14.3 Å². The average molecular weight is 370 g/mol. The normalized spacial score (nSPS) is 11.0. The summed E-state index contributed by atoms with van der Waals surface area (Å²) in [7, 11) is 0. The predicted molar refractivity (Wildman–Crippen MR) is 103 cm³/mol. The van der Waals surface area contributed by atoms with Gasteiger partial charge in [0.05, 0.1) is 21.6 Å². The van der Waals surface area contributed by atoms with E-state index in [0.29, 0.717) is 12.0 Å². The second kappa shape index (κ2) is 7.83. The van der Waals surface area contributed by atoms with Crippen LogP contribution in [-0.4, -0.2) is 27.9 Å². The van der Waals surface area contributed by atoms with E-state index in [4.69, 9.17) is 4.74 Å². The number of ether oxygens (including phenoxy) is 1. The molecule has 26 heavy (non-hydrogen) atoms. The van der Waals surface area contributed by atoms with Gasteiger partial charge in [-0.15, -0.1) is 11.3 Å². The molecule has 0 aliphatic carbocycles. The van der Waals surface area contributed by atoms with Crippen molar-refractivity contribution in [3.8, 4) is 0 Å². The summed E-state index contributed by atoms with van der Waals surface area (Å²) in [6.07, 6.45) is 0.748. The maximum absolute atomic E-state index is 12.3. The predicted octanol–water partition coefficient (Wildman–Crippen LogP) is 4.09. The minimum absolute atomic E-state index is 0.161. The Kier molecular flexibility index (Phi) is 5.52. The van der Waals surface area contributed by atoms with Crippen molar-refractivity contribution in [1.82, 2.24) is 9.55 Å². The number of hydrogen-bond donors (Lipinski definition) is 0. The van der Waals surface area contributed by atoms with Crippen molar-refractivity contribution in [3.63, 3.8) is 0 Å². The summed E-state index contributed by atoms with van der Waals surface area (Å²) in [6, 6.07) is 9.75. The van der Waals surface area contributed by atoms with Gasteiger partial charge in [0.15, 0.2) is 6.61 Å². The van der Waals surface area contributed by atoms with Crippen molar-refractivity contribution in [1.29, 1.82) is 0 Å². The van der Waals surface area contributed by atoms with E-state index in [9.17, 15) is 9.59 Å². The number of carbonyl (C=O) groups is 2. The van der Waals surface area contributed by atoms with Gasteiger partial charge in [-0.1, -0.05) is 12.1 Å². The quantitative estimate of drug-likeness (QED) is 0.464. The Bertz CT molecular complexity index is 922. The number of para-hydroxylation sites is 1. The number of benzene rings is 1. The molecule has 136 valence electrons. The van der Waals surface area contributed by atoms with Gasteiger partial charge in [-0.05, 0) is 39.0 Å². The van der Waals surface area contributed by atoms with Crippen molar-refractivity contribution >= 4 is 33.3 Å². The van der Waals surface area contributed by atoms with E-state index in [1.807, 2.05) is 51.1 Å². The Labute approximate surface area is 156 Å². The average Bonchev–Trinajstić information content (AvgIpc) is 3.17. The van der Waals surface area contributed by atoms with Crippen molar-refractivity contribution in [2.75, 3.05) is 6.61 Å². The minimum atomic E-state index is -0.373. The second-order valence-corrected chi connectivity index (χ2v) is 7.30. The van der Waals surface area contributed by atoms with E-state index in [0.717, 1.165) is 33.2 Å². The zero-order valence-corrected chi connectivity index (χ0v) is 16.1. The Hall–Kier alpha value is -2.47. The van der Waals surface area contributed by atoms with E-state index in [2.05, 4.69) is 9.55 Å². The van der Waals surface area contributed by atoms with Crippen LogP contribution in [0, 0.1) is 13.8 Å². The van der Waals surface area contributed by atoms with Crippen LogP contribution < -0.4 is 0 Å². The topological polar surface area (TPSA) is 61.2 Å². The first-order valence-corrected chi connectivity index (χ1v) is 9.51. The molecule has 2 aromatic heterocycles. The fraction of sp³-hybridized carbons (Fsp3) is 0.350. The van der Waals surface area contributed by atoms with Gasteiger partial charge in [-0.25, -0.2) is 4.98 Å². The molecule has 5 nitrogen and oxygen atoms in total. The number of carbonyl (C=O) groups excluding carboxylic acids is 2. The number of thiazole rings is 1. The molecule has 0 aliphatic rings. The number of Topliss-reactive ketones (excluding diaryl/α,β-unsaturated/α-hetero) is 1. The molecule has 6 heteroatoms. The Balaban J connectivity index is 1.53. The third-order valence-electron chi connectivity index (χ3n) is 4.44. The summed E-state index contributed by atoms with van der Waals surface area (Å²) in [4.78, 5) is 28.8. The SMILES string of the molecule is CCn1c(C)cc(C(=O)COC(=O)CCc2nc3ccccc3s2)c1C. The highest BCUT2D eigenvalue weighted by molar-refractivity contribution is 7.18. The molecule has 0 fully saturated rings. The Morgan fingerprint density at radius 2 is 2.00 bits per heavy atom. The summed E-state index contributed by atoms with van der Waals surface area (Å²) in [5.74, 6) is -0.534. The van der Waals surface area contributed by atoms with Crippen LogP contribution in [0.15, 0.2) is 30.3 Å². The number of aromatic nitrogens is 2. The van der Waals surface area contributed by atoms with E-state index >= 15 is 0 Å². The standard InChI is InChI=1S/C20H22N2O3S/c1-4-22-13(2)11-15(14(22)3)17(23)12-25-20(24)10-9-19-21-16-7-5-6-8-18(16)26-19/h5-8,11H,4,9-10,12H2,1-3H3. The van der Waals surface area contributed by atoms with E-state index < -0.39 is 0 Å². The highest BCUT2D eigenvalue weighted by Crippen LogP contribution is 2.22. The van der Waals surface area contributed by atoms with Crippen LogP contribution in [0.25, 0.3) is 10.2 Å². The van der Waals surface area contributed by atoms with Crippen LogP contribution in [0.3, 0.4) is 0 Å². The molecule has 0 saturated carbocycles. The zero-order chi connectivity index (χ0) is 18.7. The second-order valence-electron chi connectivity index (χ2n) is 6.19. The lowest BCUT2D eigenvalue weighted by molar-refractivity contribution is -0.142. The van der Waals surface area contributed by atoms with Gasteiger partial charge >= 0.3 is 5.97 Å². The van der Waals surface area contributed by atoms with Gasteiger partial charge in [0.1, 0.15) is 0 Å². The van der Waals surface area contributed by atoms with Crippen molar-refractivity contribution in [2.24, 2.45) is 0 Å². The van der Waals surface area contributed by atoms with Crippen LogP contribution in [0.4, 0.5) is 0 Å². The van der Waals surface area contributed by atoms with Crippen LogP contribution in [0.1, 0.15) is 40.1 Å². The van der Waals surface area contributed by atoms with Gasteiger partial charge in [0.25, 0.3) is 0 Å². The highest BCUT2D eigenvalue weighted by atomic mass is 32.1. The van der Waals surface area contributed by atoms with Crippen LogP contribution >= 0.6 is 11.3 Å². The summed E-state index contributed by atoms with van der Waals surface area (Å²) in [5, 5.41) is 0.904. The molecular weight excluding hydrogens is 348 g/mol.